The number of aromatic nitrogens is 2. The first kappa shape index (κ1) is 17.4. The minimum Gasteiger partial charge on any atom is -0.481 e. The van der Waals surface area contributed by atoms with Gasteiger partial charge in [-0.25, -0.2) is 4.68 Å². The number of rotatable bonds is 3. The third-order valence-electron chi connectivity index (χ3n) is 5.52. The van der Waals surface area contributed by atoms with Gasteiger partial charge in [-0.3, -0.25) is 9.59 Å². The quantitative estimate of drug-likeness (QED) is 0.865. The van der Waals surface area contributed by atoms with Crippen LogP contribution in [0.25, 0.3) is 5.69 Å². The third-order valence-corrected chi connectivity index (χ3v) is 6.06. The Labute approximate surface area is 160 Å². The van der Waals surface area contributed by atoms with Crippen molar-refractivity contribution in [3.63, 3.8) is 0 Å². The number of carboxylic acid groups (broad SMARTS) is 1. The standard InChI is InChI=1S/C18H17Cl2N3O3/c19-12-1-2-15(14(20)7-12)23-10-11(9-21-23)16(24)22-5-3-18(4-6-22)8-13(18)17(25)26/h1-2,7,9-10,13H,3-6,8H2,(H,25,26). The number of nitrogens with zero attached hydrogens (tertiary/aromatic N) is 3. The Bertz CT molecular complexity index is 888. The number of piperidine rings is 1. The van der Waals surface area contributed by atoms with Crippen LogP contribution in [0.1, 0.15) is 29.6 Å². The minimum atomic E-state index is -0.717. The van der Waals surface area contributed by atoms with E-state index in [2.05, 4.69) is 5.10 Å². The molecule has 6 nitrogen and oxygen atoms in total. The van der Waals surface area contributed by atoms with Crippen molar-refractivity contribution in [3.05, 3.63) is 46.2 Å². The van der Waals surface area contributed by atoms with Crippen LogP contribution in [0, 0.1) is 11.3 Å². The summed E-state index contributed by atoms with van der Waals surface area (Å²) < 4.78 is 1.55. The van der Waals surface area contributed by atoms with Gasteiger partial charge < -0.3 is 10.0 Å². The number of aliphatic carboxylic acids is 1. The fourth-order valence-electron chi connectivity index (χ4n) is 3.82. The summed E-state index contributed by atoms with van der Waals surface area (Å²) >= 11 is 12.1. The molecule has 8 heteroatoms. The molecule has 1 saturated carbocycles. The Balaban J connectivity index is 1.45. The van der Waals surface area contributed by atoms with Crippen molar-refractivity contribution in [1.82, 2.24) is 14.7 Å². The molecule has 2 aliphatic rings. The second-order valence-electron chi connectivity index (χ2n) is 7.02. The maximum atomic E-state index is 12.7. The fraction of sp³-hybridized carbons (Fsp3) is 0.389. The summed E-state index contributed by atoms with van der Waals surface area (Å²) in [6, 6.07) is 5.08. The number of benzene rings is 1. The van der Waals surface area contributed by atoms with Crippen LogP contribution in [0.5, 0.6) is 0 Å². The largest absolute Gasteiger partial charge is 0.481 e. The van der Waals surface area contributed by atoms with Gasteiger partial charge in [0.25, 0.3) is 5.91 Å². The number of carbonyl (C=O) groups excluding carboxylic acids is 1. The van der Waals surface area contributed by atoms with E-state index in [4.69, 9.17) is 28.3 Å². The average Bonchev–Trinajstić information content (AvgIpc) is 3.09. The first-order chi connectivity index (χ1) is 12.4. The Kier molecular flexibility index (Phi) is 4.20. The Morgan fingerprint density at radius 2 is 1.96 bits per heavy atom. The highest BCUT2D eigenvalue weighted by Crippen LogP contribution is 2.59. The molecular weight excluding hydrogens is 377 g/mol. The summed E-state index contributed by atoms with van der Waals surface area (Å²) in [5, 5.41) is 14.4. The Morgan fingerprint density at radius 1 is 1.23 bits per heavy atom. The molecule has 26 heavy (non-hydrogen) atoms. The van der Waals surface area contributed by atoms with E-state index in [0.717, 1.165) is 19.3 Å². The molecule has 1 aliphatic heterocycles. The maximum Gasteiger partial charge on any atom is 0.307 e. The zero-order valence-electron chi connectivity index (χ0n) is 13.9. The van der Waals surface area contributed by atoms with Crippen LogP contribution in [0.3, 0.4) is 0 Å². The summed E-state index contributed by atoms with van der Waals surface area (Å²) in [7, 11) is 0. The molecule has 1 aromatic heterocycles. The molecular formula is C18H17Cl2N3O3. The highest BCUT2D eigenvalue weighted by molar-refractivity contribution is 6.35. The molecule has 0 radical (unpaired) electrons. The molecule has 2 fully saturated rings. The molecule has 1 atom stereocenters. The molecule has 1 unspecified atom stereocenters. The third kappa shape index (κ3) is 2.97. The van der Waals surface area contributed by atoms with E-state index in [1.807, 2.05) is 0 Å². The normalized spacial score (nSPS) is 21.0. The van der Waals surface area contributed by atoms with Crippen LogP contribution < -0.4 is 0 Å². The van der Waals surface area contributed by atoms with Crippen LogP contribution in [0.15, 0.2) is 30.6 Å². The van der Waals surface area contributed by atoms with Gasteiger partial charge >= 0.3 is 5.97 Å². The monoisotopic (exact) mass is 393 g/mol. The number of hydrogen-bond donors (Lipinski definition) is 1. The Hall–Kier alpha value is -2.05. The second-order valence-corrected chi connectivity index (χ2v) is 7.86. The molecule has 1 saturated heterocycles. The summed E-state index contributed by atoms with van der Waals surface area (Å²) in [5.74, 6) is -1.05. The van der Waals surface area contributed by atoms with Gasteiger partial charge in [-0.05, 0) is 42.9 Å². The molecule has 1 amide bonds. The van der Waals surface area contributed by atoms with E-state index < -0.39 is 5.97 Å². The average molecular weight is 394 g/mol. The van der Waals surface area contributed by atoms with Gasteiger partial charge in [0.15, 0.2) is 0 Å². The minimum absolute atomic E-state index is 0.0936. The van der Waals surface area contributed by atoms with Crippen molar-refractivity contribution in [2.24, 2.45) is 11.3 Å². The molecule has 1 aliphatic carbocycles. The van der Waals surface area contributed by atoms with Crippen LogP contribution in [-0.4, -0.2) is 44.8 Å². The van der Waals surface area contributed by atoms with Crippen LogP contribution in [-0.2, 0) is 4.79 Å². The first-order valence-electron chi connectivity index (χ1n) is 8.42. The van der Waals surface area contributed by atoms with E-state index in [0.29, 0.717) is 34.4 Å². The highest BCUT2D eigenvalue weighted by atomic mass is 35.5. The van der Waals surface area contributed by atoms with Gasteiger partial charge in [0.1, 0.15) is 0 Å². The molecule has 2 aromatic rings. The molecule has 136 valence electrons. The van der Waals surface area contributed by atoms with Crippen LogP contribution in [0.2, 0.25) is 10.0 Å². The van der Waals surface area contributed by atoms with E-state index >= 15 is 0 Å². The fourth-order valence-corrected chi connectivity index (χ4v) is 4.31. The van der Waals surface area contributed by atoms with E-state index in [1.54, 1.807) is 34.0 Å². The van der Waals surface area contributed by atoms with Crippen molar-refractivity contribution in [1.29, 1.82) is 0 Å². The topological polar surface area (TPSA) is 75.4 Å². The number of likely N-dealkylation sites (tertiary alicyclic amines) is 1. The zero-order valence-corrected chi connectivity index (χ0v) is 15.4. The van der Waals surface area contributed by atoms with Crippen molar-refractivity contribution in [2.75, 3.05) is 13.1 Å². The first-order valence-corrected chi connectivity index (χ1v) is 9.17. The maximum absolute atomic E-state index is 12.7. The molecule has 4 rings (SSSR count). The lowest BCUT2D eigenvalue weighted by Gasteiger charge is -2.32. The summed E-state index contributed by atoms with van der Waals surface area (Å²) in [5.41, 5.74) is 1.04. The van der Waals surface area contributed by atoms with E-state index in [-0.39, 0.29) is 17.2 Å². The number of hydrogen-bond acceptors (Lipinski definition) is 3. The van der Waals surface area contributed by atoms with Crippen LogP contribution in [0.4, 0.5) is 0 Å². The summed E-state index contributed by atoms with van der Waals surface area (Å²) in [4.78, 5) is 25.7. The van der Waals surface area contributed by atoms with Gasteiger partial charge in [0.2, 0.25) is 0 Å². The summed E-state index contributed by atoms with van der Waals surface area (Å²) in [6.45, 7) is 1.16. The van der Waals surface area contributed by atoms with Gasteiger partial charge in [-0.1, -0.05) is 23.2 Å². The van der Waals surface area contributed by atoms with Gasteiger partial charge in [0.05, 0.1) is 28.4 Å². The molecule has 1 aromatic carbocycles. The number of carbonyl (C=O) groups is 2. The van der Waals surface area contributed by atoms with Gasteiger partial charge in [-0.15, -0.1) is 0 Å². The predicted molar refractivity (Wildman–Crippen MR) is 96.9 cm³/mol. The number of halogens is 2. The van der Waals surface area contributed by atoms with Gasteiger partial charge in [-0.2, -0.15) is 5.10 Å². The number of amides is 1. The lowest BCUT2D eigenvalue weighted by atomic mass is 9.90. The lowest BCUT2D eigenvalue weighted by Crippen LogP contribution is -2.39. The number of carboxylic acids is 1. The highest BCUT2D eigenvalue weighted by Gasteiger charge is 2.59. The van der Waals surface area contributed by atoms with E-state index in [1.165, 1.54) is 6.20 Å². The summed E-state index contributed by atoms with van der Waals surface area (Å²) in [6.07, 6.45) is 5.39. The second kappa shape index (κ2) is 6.28. The van der Waals surface area contributed by atoms with E-state index in [9.17, 15) is 9.59 Å². The Morgan fingerprint density at radius 3 is 2.58 bits per heavy atom. The van der Waals surface area contributed by atoms with Crippen molar-refractivity contribution in [2.45, 2.75) is 19.3 Å². The zero-order chi connectivity index (χ0) is 18.5. The predicted octanol–water partition coefficient (Wildman–Crippen LogP) is 3.51. The van der Waals surface area contributed by atoms with Crippen LogP contribution >= 0.6 is 23.2 Å². The molecule has 2 heterocycles. The molecule has 1 N–H and O–H groups in total. The molecule has 0 bridgehead atoms. The SMILES string of the molecule is O=C(O)C1CC12CCN(C(=O)c1cnn(-c3ccc(Cl)cc3Cl)c1)CC2. The van der Waals surface area contributed by atoms with Crippen molar-refractivity contribution >= 4 is 35.1 Å². The smallest absolute Gasteiger partial charge is 0.307 e. The van der Waals surface area contributed by atoms with Gasteiger partial charge in [0, 0.05) is 24.3 Å². The lowest BCUT2D eigenvalue weighted by molar-refractivity contribution is -0.139. The van der Waals surface area contributed by atoms with Crippen molar-refractivity contribution in [3.8, 4) is 5.69 Å². The van der Waals surface area contributed by atoms with Crippen molar-refractivity contribution < 1.29 is 14.7 Å². The molecule has 1 spiro atoms.